The molecule has 3 aromatic heterocycles. The summed E-state index contributed by atoms with van der Waals surface area (Å²) in [5.41, 5.74) is 8.63. The molecular formula is C48H60N10O6. The zero-order valence-corrected chi connectivity index (χ0v) is 37.0. The quantitative estimate of drug-likeness (QED) is 0.0721. The number of carbonyl (C=O) groups is 3. The average molecular weight is 873 g/mol. The number of aryl methyl sites for hydroxylation is 3. The van der Waals surface area contributed by atoms with E-state index in [4.69, 9.17) is 15.0 Å². The van der Waals surface area contributed by atoms with Crippen molar-refractivity contribution in [1.29, 1.82) is 0 Å². The molecule has 0 aliphatic carbocycles. The lowest BCUT2D eigenvalue weighted by Crippen LogP contribution is -2.28. The summed E-state index contributed by atoms with van der Waals surface area (Å²) >= 11 is 0. The Morgan fingerprint density at radius 1 is 0.547 bits per heavy atom. The van der Waals surface area contributed by atoms with Crippen LogP contribution in [0.4, 0.5) is 0 Å². The van der Waals surface area contributed by atoms with Gasteiger partial charge in [-0.3, -0.25) is 19.3 Å². The topological polar surface area (TPSA) is 205 Å². The number of carboxylic acid groups (broad SMARTS) is 3. The number of fused-ring (bicyclic) bond motifs is 3. The molecule has 3 aliphatic rings. The fraction of sp³-hybridized carbons (Fsp3) is 0.500. The van der Waals surface area contributed by atoms with Crippen molar-refractivity contribution in [2.24, 2.45) is 56.7 Å². The van der Waals surface area contributed by atoms with Crippen molar-refractivity contribution in [2.75, 3.05) is 39.3 Å². The molecule has 3 aromatic carbocycles. The SMILES string of the molecule is Cn1c(CC(C(=O)O)C2CCNC2)nc2ccc(CN(Cc3ccc4nc(C[C@H](C(=O)O)[C@H]5CCNC5)n(C)c4c3)Cc3ccc4nc(C[C@H](C(=O)O)[C@H]5CCNC5)n(C)c4c3)cc21. The zero-order chi connectivity index (χ0) is 44.6. The lowest BCUT2D eigenvalue weighted by molar-refractivity contribution is -0.144. The number of hydrogen-bond donors (Lipinski definition) is 6. The second kappa shape index (κ2) is 18.4. The number of carboxylic acids is 3. The molecule has 338 valence electrons. The summed E-state index contributed by atoms with van der Waals surface area (Å²) in [6.45, 7) is 6.45. The third kappa shape index (κ3) is 9.01. The van der Waals surface area contributed by atoms with Crippen LogP contribution in [0.2, 0.25) is 0 Å². The van der Waals surface area contributed by atoms with Gasteiger partial charge >= 0.3 is 17.9 Å². The van der Waals surface area contributed by atoms with Gasteiger partial charge in [0.25, 0.3) is 0 Å². The largest absolute Gasteiger partial charge is 0.481 e. The molecule has 0 radical (unpaired) electrons. The molecular weight excluding hydrogens is 813 g/mol. The summed E-state index contributed by atoms with van der Waals surface area (Å²) in [6, 6.07) is 18.9. The fourth-order valence-electron chi connectivity index (χ4n) is 10.7. The molecule has 0 saturated carbocycles. The van der Waals surface area contributed by atoms with Gasteiger partial charge in [0.1, 0.15) is 17.5 Å². The molecule has 6 atom stereocenters. The Kier molecular flexibility index (Phi) is 12.5. The predicted molar refractivity (Wildman–Crippen MR) is 243 cm³/mol. The number of hydrogen-bond acceptors (Lipinski definition) is 10. The van der Waals surface area contributed by atoms with Gasteiger partial charge in [0, 0.05) is 60.0 Å². The standard InChI is InChI=1S/C48H60N10O6/c1-55-40-16-28(4-7-37(40)52-43(55)19-34(46(59)60)31-10-13-49-22-31)25-58(26-29-5-8-38-41(17-29)56(2)44(53-38)20-35(47(61)62)32-11-14-50-23-32)27-30-6-9-39-42(18-30)57(3)45(54-39)21-36(48(63)64)33-12-15-51-24-33/h4-9,16-18,31-36,49-51H,10-15,19-27H2,1-3H3,(H,59,60)(H,61,62)(H,63,64)/t31-,32-,33?,34-,35-,36?/m0/s1. The van der Waals surface area contributed by atoms with E-state index in [2.05, 4.69) is 57.2 Å². The normalized spacial score (nSPS) is 20.5. The first-order valence-corrected chi connectivity index (χ1v) is 22.8. The molecule has 0 bridgehead atoms. The van der Waals surface area contributed by atoms with Gasteiger partial charge in [0.05, 0.1) is 50.9 Å². The molecule has 2 unspecified atom stereocenters. The minimum Gasteiger partial charge on any atom is -0.481 e. The molecule has 0 amide bonds. The second-order valence-corrected chi connectivity index (χ2v) is 18.6. The van der Waals surface area contributed by atoms with Crippen LogP contribution in [-0.2, 0) is 74.4 Å². The Labute approximate surface area is 372 Å². The van der Waals surface area contributed by atoms with E-state index in [1.165, 1.54) is 0 Å². The van der Waals surface area contributed by atoms with E-state index in [0.717, 1.165) is 106 Å². The highest BCUT2D eigenvalue weighted by Gasteiger charge is 2.34. The lowest BCUT2D eigenvalue weighted by Gasteiger charge is -2.23. The van der Waals surface area contributed by atoms with Crippen LogP contribution in [-0.4, -0.2) is 106 Å². The minimum atomic E-state index is -0.782. The monoisotopic (exact) mass is 872 g/mol. The molecule has 3 aliphatic heterocycles. The highest BCUT2D eigenvalue weighted by atomic mass is 16.4. The van der Waals surface area contributed by atoms with E-state index >= 15 is 0 Å². The maximum atomic E-state index is 12.4. The average Bonchev–Trinajstić information content (AvgIpc) is 4.15. The number of imidazole rings is 3. The van der Waals surface area contributed by atoms with Crippen LogP contribution in [0, 0.1) is 35.5 Å². The number of aliphatic carboxylic acids is 3. The Morgan fingerprint density at radius 3 is 1.09 bits per heavy atom. The van der Waals surface area contributed by atoms with E-state index in [0.29, 0.717) is 58.5 Å². The van der Waals surface area contributed by atoms with Crippen LogP contribution in [0.1, 0.15) is 53.4 Å². The number of nitrogens with one attached hydrogen (secondary N) is 3. The lowest BCUT2D eigenvalue weighted by atomic mass is 9.88. The molecule has 3 fully saturated rings. The van der Waals surface area contributed by atoms with Gasteiger partial charge in [-0.2, -0.15) is 0 Å². The molecule has 9 rings (SSSR count). The Morgan fingerprint density at radius 2 is 0.844 bits per heavy atom. The van der Waals surface area contributed by atoms with Gasteiger partial charge in [-0.15, -0.1) is 0 Å². The van der Waals surface area contributed by atoms with Crippen molar-refractivity contribution in [3.05, 3.63) is 88.8 Å². The van der Waals surface area contributed by atoms with Crippen molar-refractivity contribution in [2.45, 2.75) is 58.2 Å². The van der Waals surface area contributed by atoms with E-state index in [1.54, 1.807) is 0 Å². The van der Waals surface area contributed by atoms with Crippen LogP contribution in [0.3, 0.4) is 0 Å². The van der Waals surface area contributed by atoms with E-state index < -0.39 is 35.7 Å². The van der Waals surface area contributed by atoms with Gasteiger partial charge in [-0.25, -0.2) is 15.0 Å². The third-order valence-electron chi connectivity index (χ3n) is 14.5. The van der Waals surface area contributed by atoms with Crippen molar-refractivity contribution in [3.63, 3.8) is 0 Å². The fourth-order valence-corrected chi connectivity index (χ4v) is 10.7. The first-order chi connectivity index (χ1) is 30.9. The third-order valence-corrected chi connectivity index (χ3v) is 14.5. The molecule has 3 saturated heterocycles. The molecule has 6 heterocycles. The summed E-state index contributed by atoms with van der Waals surface area (Å²) in [6.07, 6.45) is 3.64. The van der Waals surface area contributed by atoms with Crippen LogP contribution in [0.5, 0.6) is 0 Å². The summed E-state index contributed by atoms with van der Waals surface area (Å²) in [7, 11) is 5.91. The number of aromatic nitrogens is 6. The molecule has 6 N–H and O–H groups in total. The zero-order valence-electron chi connectivity index (χ0n) is 37.0. The first kappa shape index (κ1) is 43.6. The highest BCUT2D eigenvalue weighted by Crippen LogP contribution is 2.30. The highest BCUT2D eigenvalue weighted by molar-refractivity contribution is 5.79. The molecule has 0 spiro atoms. The minimum absolute atomic E-state index is 0.0722. The van der Waals surface area contributed by atoms with Gasteiger partial charge < -0.3 is 45.0 Å². The van der Waals surface area contributed by atoms with Crippen LogP contribution < -0.4 is 16.0 Å². The van der Waals surface area contributed by atoms with Crippen LogP contribution in [0.15, 0.2) is 54.6 Å². The molecule has 6 aromatic rings. The maximum absolute atomic E-state index is 12.4. The van der Waals surface area contributed by atoms with Crippen molar-refractivity contribution >= 4 is 51.0 Å². The number of nitrogens with zero attached hydrogens (tertiary/aromatic N) is 7. The molecule has 16 heteroatoms. The maximum Gasteiger partial charge on any atom is 0.307 e. The van der Waals surface area contributed by atoms with Gasteiger partial charge in [0.2, 0.25) is 0 Å². The van der Waals surface area contributed by atoms with Crippen molar-refractivity contribution < 1.29 is 29.7 Å². The Balaban J connectivity index is 1.01. The summed E-state index contributed by atoms with van der Waals surface area (Å²) in [5, 5.41) is 40.4. The molecule has 64 heavy (non-hydrogen) atoms. The van der Waals surface area contributed by atoms with Crippen molar-refractivity contribution in [3.8, 4) is 0 Å². The Bertz CT molecular complexity index is 2400. The van der Waals surface area contributed by atoms with E-state index in [1.807, 2.05) is 53.0 Å². The van der Waals surface area contributed by atoms with E-state index in [9.17, 15) is 29.7 Å². The van der Waals surface area contributed by atoms with Crippen LogP contribution in [0.25, 0.3) is 33.1 Å². The predicted octanol–water partition coefficient (Wildman–Crippen LogP) is 4.11. The summed E-state index contributed by atoms with van der Waals surface area (Å²) in [4.78, 5) is 54.3. The second-order valence-electron chi connectivity index (χ2n) is 18.6. The summed E-state index contributed by atoms with van der Waals surface area (Å²) < 4.78 is 6.12. The van der Waals surface area contributed by atoms with Crippen LogP contribution >= 0.6 is 0 Å². The number of benzene rings is 3. The van der Waals surface area contributed by atoms with Gasteiger partial charge in [-0.05, 0) is 129 Å². The Hall–Kier alpha value is -5.68. The molecule has 16 nitrogen and oxygen atoms in total. The van der Waals surface area contributed by atoms with E-state index in [-0.39, 0.29) is 17.8 Å². The van der Waals surface area contributed by atoms with Gasteiger partial charge in [0.15, 0.2) is 0 Å². The number of rotatable bonds is 18. The summed E-state index contributed by atoms with van der Waals surface area (Å²) in [5.74, 6) is -1.36. The van der Waals surface area contributed by atoms with Crippen molar-refractivity contribution in [1.82, 2.24) is 49.5 Å². The smallest absolute Gasteiger partial charge is 0.307 e. The van der Waals surface area contributed by atoms with Gasteiger partial charge in [-0.1, -0.05) is 18.2 Å². The first-order valence-electron chi connectivity index (χ1n) is 22.8.